The summed E-state index contributed by atoms with van der Waals surface area (Å²) in [4.78, 5) is 18.5. The Balaban J connectivity index is 2.18. The summed E-state index contributed by atoms with van der Waals surface area (Å²) in [6.07, 6.45) is 7.66. The molecular weight excluding hydrogens is 298 g/mol. The fraction of sp³-hybridized carbons (Fsp3) is 0.250. The van der Waals surface area contributed by atoms with Crippen LogP contribution in [0.4, 0.5) is 0 Å². The molecule has 1 amide bonds. The molecule has 24 heavy (non-hydrogen) atoms. The SMILES string of the molecule is CC[C@@H](c1ccncc1)N(CC)C(=O)/C=C\c1cccc(C#N)c1. The molecular formula is C20H21N3O. The Morgan fingerprint density at radius 3 is 2.67 bits per heavy atom. The molecule has 1 aromatic carbocycles. The number of pyridine rings is 1. The minimum atomic E-state index is -0.0384. The van der Waals surface area contributed by atoms with Gasteiger partial charge in [-0.15, -0.1) is 0 Å². The first-order chi connectivity index (χ1) is 11.7. The topological polar surface area (TPSA) is 57.0 Å². The molecule has 122 valence electrons. The van der Waals surface area contributed by atoms with Gasteiger partial charge >= 0.3 is 0 Å². The van der Waals surface area contributed by atoms with Gasteiger partial charge in [0.2, 0.25) is 5.91 Å². The zero-order valence-electron chi connectivity index (χ0n) is 14.0. The number of nitrogens with zero attached hydrogens (tertiary/aromatic N) is 3. The lowest BCUT2D eigenvalue weighted by Gasteiger charge is -2.29. The number of carbonyl (C=O) groups excluding carboxylic acids is 1. The predicted octanol–water partition coefficient (Wildman–Crippen LogP) is 3.97. The minimum absolute atomic E-state index is 0.0283. The van der Waals surface area contributed by atoms with Gasteiger partial charge in [0.25, 0.3) is 0 Å². The second kappa shape index (κ2) is 8.64. The van der Waals surface area contributed by atoms with Gasteiger partial charge in [-0.05, 0) is 54.8 Å². The molecule has 0 N–H and O–H groups in total. The normalized spacial score (nSPS) is 11.9. The number of rotatable bonds is 6. The molecule has 0 aliphatic rings. The molecule has 0 radical (unpaired) electrons. The molecule has 0 bridgehead atoms. The van der Waals surface area contributed by atoms with Gasteiger partial charge in [-0.25, -0.2) is 0 Å². The van der Waals surface area contributed by atoms with Crippen LogP contribution in [0.3, 0.4) is 0 Å². The summed E-state index contributed by atoms with van der Waals surface area (Å²) in [6, 6.07) is 13.2. The third kappa shape index (κ3) is 4.30. The van der Waals surface area contributed by atoms with E-state index >= 15 is 0 Å². The third-order valence-corrected chi connectivity index (χ3v) is 3.91. The van der Waals surface area contributed by atoms with E-state index in [0.29, 0.717) is 12.1 Å². The number of likely N-dealkylation sites (N-methyl/N-ethyl adjacent to an activating group) is 1. The monoisotopic (exact) mass is 319 g/mol. The van der Waals surface area contributed by atoms with Crippen LogP contribution in [0, 0.1) is 11.3 Å². The van der Waals surface area contributed by atoms with E-state index in [1.165, 1.54) is 0 Å². The highest BCUT2D eigenvalue weighted by Crippen LogP contribution is 2.24. The maximum absolute atomic E-state index is 12.6. The molecule has 1 atom stereocenters. The van der Waals surface area contributed by atoms with E-state index in [9.17, 15) is 4.79 Å². The minimum Gasteiger partial charge on any atom is -0.332 e. The van der Waals surface area contributed by atoms with Gasteiger partial charge in [0, 0.05) is 25.0 Å². The zero-order valence-corrected chi connectivity index (χ0v) is 14.0. The van der Waals surface area contributed by atoms with Crippen LogP contribution in [0.2, 0.25) is 0 Å². The molecule has 2 rings (SSSR count). The molecule has 0 aliphatic carbocycles. The summed E-state index contributed by atoms with van der Waals surface area (Å²) in [7, 11) is 0. The average Bonchev–Trinajstić information content (AvgIpc) is 2.64. The lowest BCUT2D eigenvalue weighted by atomic mass is 10.0. The van der Waals surface area contributed by atoms with Crippen LogP contribution in [0.15, 0.2) is 54.9 Å². The Morgan fingerprint density at radius 1 is 1.29 bits per heavy atom. The highest BCUT2D eigenvalue weighted by molar-refractivity contribution is 5.92. The van der Waals surface area contributed by atoms with Crippen molar-refractivity contribution in [1.82, 2.24) is 9.88 Å². The Kier molecular flexibility index (Phi) is 6.27. The summed E-state index contributed by atoms with van der Waals surface area (Å²) in [5, 5.41) is 8.94. The van der Waals surface area contributed by atoms with Gasteiger partial charge in [-0.1, -0.05) is 19.1 Å². The van der Waals surface area contributed by atoms with Crippen LogP contribution in [-0.2, 0) is 4.79 Å². The number of hydrogen-bond acceptors (Lipinski definition) is 3. The Hall–Kier alpha value is -2.93. The molecule has 4 heteroatoms. The van der Waals surface area contributed by atoms with E-state index in [0.717, 1.165) is 17.5 Å². The van der Waals surface area contributed by atoms with E-state index in [2.05, 4.69) is 18.0 Å². The van der Waals surface area contributed by atoms with Crippen molar-refractivity contribution < 1.29 is 4.79 Å². The number of aromatic nitrogens is 1. The van der Waals surface area contributed by atoms with Gasteiger partial charge in [-0.2, -0.15) is 5.26 Å². The molecule has 0 saturated heterocycles. The summed E-state index contributed by atoms with van der Waals surface area (Å²) in [5.74, 6) is -0.0384. The Bertz CT molecular complexity index is 747. The number of hydrogen-bond donors (Lipinski definition) is 0. The lowest BCUT2D eigenvalue weighted by Crippen LogP contribution is -2.33. The fourth-order valence-corrected chi connectivity index (χ4v) is 2.73. The van der Waals surface area contributed by atoms with E-state index < -0.39 is 0 Å². The second-order valence-corrected chi connectivity index (χ2v) is 5.40. The van der Waals surface area contributed by atoms with Crippen LogP contribution in [0.5, 0.6) is 0 Å². The molecule has 0 spiro atoms. The predicted molar refractivity (Wildman–Crippen MR) is 94.8 cm³/mol. The van der Waals surface area contributed by atoms with Crippen LogP contribution in [-0.4, -0.2) is 22.3 Å². The standard InChI is InChI=1S/C20H21N3O/c1-3-19(18-10-12-22-13-11-18)23(4-2)20(24)9-8-16-6-5-7-17(14-16)15-21/h5-14,19H,3-4H2,1-2H3/b9-8-/t19-/m0/s1. The van der Waals surface area contributed by atoms with Crippen molar-refractivity contribution in [2.45, 2.75) is 26.3 Å². The Morgan fingerprint density at radius 2 is 2.04 bits per heavy atom. The van der Waals surface area contributed by atoms with Gasteiger partial charge in [-0.3, -0.25) is 9.78 Å². The van der Waals surface area contributed by atoms with E-state index in [-0.39, 0.29) is 11.9 Å². The molecule has 0 aliphatic heterocycles. The van der Waals surface area contributed by atoms with Crippen molar-refractivity contribution in [3.05, 3.63) is 71.6 Å². The fourth-order valence-electron chi connectivity index (χ4n) is 2.73. The zero-order chi connectivity index (χ0) is 17.4. The Labute approximate surface area is 143 Å². The van der Waals surface area contributed by atoms with Gasteiger partial charge in [0.1, 0.15) is 0 Å². The van der Waals surface area contributed by atoms with Crippen LogP contribution < -0.4 is 0 Å². The largest absolute Gasteiger partial charge is 0.332 e. The van der Waals surface area contributed by atoms with E-state index in [1.807, 2.05) is 36.1 Å². The highest BCUT2D eigenvalue weighted by atomic mass is 16.2. The number of nitriles is 1. The first-order valence-electron chi connectivity index (χ1n) is 8.08. The highest BCUT2D eigenvalue weighted by Gasteiger charge is 2.20. The molecule has 4 nitrogen and oxygen atoms in total. The summed E-state index contributed by atoms with van der Waals surface area (Å²) in [6.45, 7) is 4.68. The van der Waals surface area contributed by atoms with Crippen LogP contribution in [0.1, 0.15) is 43.0 Å². The molecule has 0 saturated carbocycles. The van der Waals surface area contributed by atoms with Gasteiger partial charge in [0.05, 0.1) is 17.7 Å². The van der Waals surface area contributed by atoms with Crippen molar-refractivity contribution in [1.29, 1.82) is 5.26 Å². The molecule has 0 unspecified atom stereocenters. The molecule has 1 aromatic heterocycles. The average molecular weight is 319 g/mol. The lowest BCUT2D eigenvalue weighted by molar-refractivity contribution is -0.128. The summed E-state index contributed by atoms with van der Waals surface area (Å²) in [5.41, 5.74) is 2.51. The van der Waals surface area contributed by atoms with E-state index in [4.69, 9.17) is 5.26 Å². The van der Waals surface area contributed by atoms with Crippen molar-refractivity contribution in [2.24, 2.45) is 0 Å². The number of benzene rings is 1. The smallest absolute Gasteiger partial charge is 0.247 e. The second-order valence-electron chi connectivity index (χ2n) is 5.40. The third-order valence-electron chi connectivity index (χ3n) is 3.91. The van der Waals surface area contributed by atoms with Crippen LogP contribution in [0.25, 0.3) is 6.08 Å². The summed E-state index contributed by atoms with van der Waals surface area (Å²) >= 11 is 0. The molecule has 0 fully saturated rings. The van der Waals surface area contributed by atoms with Crippen LogP contribution >= 0.6 is 0 Å². The molecule has 2 aromatic rings. The maximum Gasteiger partial charge on any atom is 0.247 e. The maximum atomic E-state index is 12.6. The first kappa shape index (κ1) is 17.4. The number of amides is 1. The van der Waals surface area contributed by atoms with E-state index in [1.54, 1.807) is 36.7 Å². The number of carbonyl (C=O) groups is 1. The van der Waals surface area contributed by atoms with Gasteiger partial charge in [0.15, 0.2) is 0 Å². The van der Waals surface area contributed by atoms with Gasteiger partial charge < -0.3 is 4.90 Å². The quantitative estimate of drug-likeness (QED) is 0.757. The summed E-state index contributed by atoms with van der Waals surface area (Å²) < 4.78 is 0. The van der Waals surface area contributed by atoms with Crippen molar-refractivity contribution in [3.8, 4) is 6.07 Å². The first-order valence-corrected chi connectivity index (χ1v) is 8.08. The van der Waals surface area contributed by atoms with Crippen molar-refractivity contribution in [2.75, 3.05) is 6.54 Å². The molecule has 1 heterocycles. The van der Waals surface area contributed by atoms with Crippen molar-refractivity contribution in [3.63, 3.8) is 0 Å². The van der Waals surface area contributed by atoms with Crippen molar-refractivity contribution >= 4 is 12.0 Å².